The Bertz CT molecular complexity index is 331. The summed E-state index contributed by atoms with van der Waals surface area (Å²) in [5.41, 5.74) is 1.39. The molecule has 1 aliphatic carbocycles. The second-order valence-corrected chi connectivity index (χ2v) is 5.98. The Hall–Kier alpha value is -0.420. The number of aliphatic hydroxyl groups is 1. The molecule has 19 heavy (non-hydrogen) atoms. The number of aliphatic hydroxyl groups excluding tert-OH is 1. The molecule has 1 saturated carbocycles. The first-order valence-electron chi connectivity index (χ1n) is 7.60. The van der Waals surface area contributed by atoms with E-state index in [0.29, 0.717) is 12.0 Å². The first-order chi connectivity index (χ1) is 9.34. The Morgan fingerprint density at radius 2 is 2.21 bits per heavy atom. The Morgan fingerprint density at radius 1 is 1.26 bits per heavy atom. The first kappa shape index (κ1) is 13.6. The minimum absolute atomic E-state index is 0.134. The van der Waals surface area contributed by atoms with Gasteiger partial charge in [-0.25, -0.2) is 0 Å². The van der Waals surface area contributed by atoms with Crippen molar-refractivity contribution in [3.05, 3.63) is 11.6 Å². The minimum Gasteiger partial charge on any atom is -0.393 e. The third-order valence-corrected chi connectivity index (χ3v) is 4.70. The molecule has 3 atom stereocenters. The molecule has 2 aliphatic heterocycles. The van der Waals surface area contributed by atoms with Gasteiger partial charge < -0.3 is 14.6 Å². The standard InChI is InChI=1S/C15H25NO3/c17-15-5-1-4-13(15)14-11-19-8-6-16(14)9-12-3-2-7-18-10-12/h3,13-15,17H,1-2,4-11H2. The van der Waals surface area contributed by atoms with Gasteiger partial charge in [0.25, 0.3) is 0 Å². The van der Waals surface area contributed by atoms with E-state index < -0.39 is 0 Å². The summed E-state index contributed by atoms with van der Waals surface area (Å²) in [6, 6.07) is 0.383. The highest BCUT2D eigenvalue weighted by Gasteiger charge is 2.37. The zero-order valence-electron chi connectivity index (χ0n) is 11.6. The van der Waals surface area contributed by atoms with Crippen LogP contribution in [0.2, 0.25) is 0 Å². The number of nitrogens with zero attached hydrogens (tertiary/aromatic N) is 1. The van der Waals surface area contributed by atoms with Gasteiger partial charge in [0.15, 0.2) is 0 Å². The molecular weight excluding hydrogens is 242 g/mol. The first-order valence-corrected chi connectivity index (χ1v) is 7.60. The number of rotatable bonds is 3. The molecule has 108 valence electrons. The van der Waals surface area contributed by atoms with E-state index in [2.05, 4.69) is 11.0 Å². The fraction of sp³-hybridized carbons (Fsp3) is 0.867. The third-order valence-electron chi connectivity index (χ3n) is 4.70. The van der Waals surface area contributed by atoms with E-state index >= 15 is 0 Å². The predicted molar refractivity (Wildman–Crippen MR) is 73.0 cm³/mol. The third kappa shape index (κ3) is 3.19. The van der Waals surface area contributed by atoms with Crippen LogP contribution < -0.4 is 0 Å². The maximum Gasteiger partial charge on any atom is 0.0689 e. The smallest absolute Gasteiger partial charge is 0.0689 e. The maximum absolute atomic E-state index is 10.1. The van der Waals surface area contributed by atoms with Crippen molar-refractivity contribution < 1.29 is 14.6 Å². The zero-order valence-corrected chi connectivity index (χ0v) is 11.6. The number of ether oxygens (including phenoxy) is 2. The van der Waals surface area contributed by atoms with E-state index in [-0.39, 0.29) is 6.10 Å². The van der Waals surface area contributed by atoms with Crippen molar-refractivity contribution in [1.82, 2.24) is 4.90 Å². The lowest BCUT2D eigenvalue weighted by atomic mass is 9.94. The summed E-state index contributed by atoms with van der Waals surface area (Å²) in [7, 11) is 0. The van der Waals surface area contributed by atoms with Gasteiger partial charge in [0.1, 0.15) is 0 Å². The fourth-order valence-electron chi connectivity index (χ4n) is 3.65. The molecule has 0 amide bonds. The second kappa shape index (κ2) is 6.35. The molecule has 0 aromatic carbocycles. The monoisotopic (exact) mass is 267 g/mol. The highest BCUT2D eigenvalue weighted by atomic mass is 16.5. The van der Waals surface area contributed by atoms with Crippen LogP contribution >= 0.6 is 0 Å². The summed E-state index contributed by atoms with van der Waals surface area (Å²) in [5, 5.41) is 10.1. The van der Waals surface area contributed by atoms with Crippen LogP contribution in [0, 0.1) is 5.92 Å². The zero-order chi connectivity index (χ0) is 13.1. The fourth-order valence-corrected chi connectivity index (χ4v) is 3.65. The molecule has 4 heteroatoms. The van der Waals surface area contributed by atoms with Gasteiger partial charge in [-0.15, -0.1) is 0 Å². The van der Waals surface area contributed by atoms with Crippen molar-refractivity contribution in [2.45, 2.75) is 37.8 Å². The quantitative estimate of drug-likeness (QED) is 0.780. The summed E-state index contributed by atoms with van der Waals surface area (Å²) in [4.78, 5) is 2.50. The van der Waals surface area contributed by atoms with E-state index in [0.717, 1.165) is 65.2 Å². The van der Waals surface area contributed by atoms with Crippen LogP contribution in [0.5, 0.6) is 0 Å². The lowest BCUT2D eigenvalue weighted by Gasteiger charge is -2.40. The summed E-state index contributed by atoms with van der Waals surface area (Å²) in [6.45, 7) is 5.18. The topological polar surface area (TPSA) is 41.9 Å². The molecule has 0 spiro atoms. The lowest BCUT2D eigenvalue weighted by molar-refractivity contribution is -0.0475. The van der Waals surface area contributed by atoms with Crippen molar-refractivity contribution in [2.75, 3.05) is 39.5 Å². The number of morpholine rings is 1. The summed E-state index contributed by atoms with van der Waals surface area (Å²) >= 11 is 0. The molecule has 0 aromatic rings. The highest BCUT2D eigenvalue weighted by molar-refractivity contribution is 5.08. The van der Waals surface area contributed by atoms with Crippen molar-refractivity contribution in [2.24, 2.45) is 5.92 Å². The van der Waals surface area contributed by atoms with Gasteiger partial charge in [-0.1, -0.05) is 12.5 Å². The average molecular weight is 267 g/mol. The molecule has 4 nitrogen and oxygen atoms in total. The average Bonchev–Trinajstić information content (AvgIpc) is 2.87. The van der Waals surface area contributed by atoms with E-state index in [1.165, 1.54) is 5.57 Å². The van der Waals surface area contributed by atoms with Crippen LogP contribution in [0.4, 0.5) is 0 Å². The van der Waals surface area contributed by atoms with Crippen molar-refractivity contribution in [3.63, 3.8) is 0 Å². The molecule has 1 saturated heterocycles. The SMILES string of the molecule is OC1CCCC1C1COCCN1CC1=CCCOC1. The lowest BCUT2D eigenvalue weighted by Crippen LogP contribution is -2.52. The molecule has 0 bridgehead atoms. The molecule has 3 unspecified atom stereocenters. The Labute approximate surface area is 115 Å². The highest BCUT2D eigenvalue weighted by Crippen LogP contribution is 2.32. The molecule has 1 N–H and O–H groups in total. The van der Waals surface area contributed by atoms with Crippen molar-refractivity contribution in [3.8, 4) is 0 Å². The van der Waals surface area contributed by atoms with Crippen LogP contribution in [0.3, 0.4) is 0 Å². The van der Waals surface area contributed by atoms with Crippen LogP contribution in [-0.2, 0) is 9.47 Å². The molecule has 2 fully saturated rings. The Balaban J connectivity index is 1.64. The van der Waals surface area contributed by atoms with Crippen LogP contribution in [-0.4, -0.2) is 61.7 Å². The van der Waals surface area contributed by atoms with Gasteiger partial charge in [-0.3, -0.25) is 4.90 Å². The van der Waals surface area contributed by atoms with Gasteiger partial charge in [0.05, 0.1) is 32.5 Å². The Morgan fingerprint density at radius 3 is 2.95 bits per heavy atom. The normalized spacial score (nSPS) is 37.3. The largest absolute Gasteiger partial charge is 0.393 e. The van der Waals surface area contributed by atoms with Crippen LogP contribution in [0.25, 0.3) is 0 Å². The Kier molecular flexibility index (Phi) is 4.53. The summed E-state index contributed by atoms with van der Waals surface area (Å²) in [6.07, 6.45) is 6.48. The summed E-state index contributed by atoms with van der Waals surface area (Å²) < 4.78 is 11.2. The van der Waals surface area contributed by atoms with Gasteiger partial charge >= 0.3 is 0 Å². The van der Waals surface area contributed by atoms with Crippen molar-refractivity contribution in [1.29, 1.82) is 0 Å². The van der Waals surface area contributed by atoms with E-state index in [1.807, 2.05) is 0 Å². The van der Waals surface area contributed by atoms with Crippen LogP contribution in [0.1, 0.15) is 25.7 Å². The maximum atomic E-state index is 10.1. The van der Waals surface area contributed by atoms with E-state index in [9.17, 15) is 5.11 Å². The molecule has 2 heterocycles. The van der Waals surface area contributed by atoms with Gasteiger partial charge in [0, 0.05) is 25.0 Å². The number of hydrogen-bond acceptors (Lipinski definition) is 4. The van der Waals surface area contributed by atoms with Crippen molar-refractivity contribution >= 4 is 0 Å². The van der Waals surface area contributed by atoms with Crippen LogP contribution in [0.15, 0.2) is 11.6 Å². The molecule has 0 aromatic heterocycles. The molecule has 3 rings (SSSR count). The molecule has 3 aliphatic rings. The van der Waals surface area contributed by atoms with E-state index in [4.69, 9.17) is 9.47 Å². The van der Waals surface area contributed by atoms with Gasteiger partial charge in [0.2, 0.25) is 0 Å². The van der Waals surface area contributed by atoms with Gasteiger partial charge in [-0.2, -0.15) is 0 Å². The minimum atomic E-state index is -0.134. The second-order valence-electron chi connectivity index (χ2n) is 5.98. The molecular formula is C15H25NO3. The predicted octanol–water partition coefficient (Wildman–Crippen LogP) is 1.19. The van der Waals surface area contributed by atoms with E-state index in [1.54, 1.807) is 0 Å². The summed E-state index contributed by atoms with van der Waals surface area (Å²) in [5.74, 6) is 0.394. The molecule has 0 radical (unpaired) electrons. The van der Waals surface area contributed by atoms with Gasteiger partial charge in [-0.05, 0) is 24.8 Å². The number of hydrogen-bond donors (Lipinski definition) is 1.